The molecule has 3 nitrogen and oxygen atoms in total. The molecule has 30 heavy (non-hydrogen) atoms. The van der Waals surface area contributed by atoms with Crippen LogP contribution in [0.25, 0.3) is 0 Å². The number of aromatic hydroxyl groups is 1. The summed E-state index contributed by atoms with van der Waals surface area (Å²) < 4.78 is 0. The SMILES string of the molecule is CCCCCCCCCCCCCCCCc1c(O)ccc(C(=O)O)c1C(C)(C)C. The van der Waals surface area contributed by atoms with E-state index in [9.17, 15) is 15.0 Å². The largest absolute Gasteiger partial charge is 0.508 e. The van der Waals surface area contributed by atoms with E-state index in [1.807, 2.05) is 20.8 Å². The lowest BCUT2D eigenvalue weighted by atomic mass is 9.79. The van der Waals surface area contributed by atoms with Gasteiger partial charge in [0.05, 0.1) is 5.56 Å². The Hall–Kier alpha value is -1.51. The molecule has 1 rings (SSSR count). The summed E-state index contributed by atoms with van der Waals surface area (Å²) in [6.45, 7) is 8.32. The maximum Gasteiger partial charge on any atom is 0.335 e. The molecule has 3 heteroatoms. The third-order valence-corrected chi connectivity index (χ3v) is 6.05. The van der Waals surface area contributed by atoms with Gasteiger partial charge >= 0.3 is 5.97 Å². The fourth-order valence-corrected chi connectivity index (χ4v) is 4.42. The zero-order valence-corrected chi connectivity index (χ0v) is 20.1. The van der Waals surface area contributed by atoms with Crippen molar-refractivity contribution in [2.75, 3.05) is 0 Å². The second-order valence-corrected chi connectivity index (χ2v) is 9.89. The van der Waals surface area contributed by atoms with Crippen LogP contribution in [0.5, 0.6) is 5.75 Å². The highest BCUT2D eigenvalue weighted by Gasteiger charge is 2.26. The molecule has 1 aromatic rings. The van der Waals surface area contributed by atoms with E-state index in [-0.39, 0.29) is 11.2 Å². The smallest absolute Gasteiger partial charge is 0.335 e. The molecule has 0 radical (unpaired) electrons. The van der Waals surface area contributed by atoms with Gasteiger partial charge in [-0.2, -0.15) is 0 Å². The summed E-state index contributed by atoms with van der Waals surface area (Å²) in [6, 6.07) is 3.07. The zero-order chi connectivity index (χ0) is 22.4. The Kier molecular flexibility index (Phi) is 12.8. The van der Waals surface area contributed by atoms with Crippen molar-refractivity contribution in [3.63, 3.8) is 0 Å². The lowest BCUT2D eigenvalue weighted by molar-refractivity contribution is 0.0694. The number of carboxylic acids is 1. The average molecular weight is 419 g/mol. The van der Waals surface area contributed by atoms with Crippen LogP contribution in [0.3, 0.4) is 0 Å². The van der Waals surface area contributed by atoms with Gasteiger partial charge < -0.3 is 10.2 Å². The van der Waals surface area contributed by atoms with E-state index in [0.29, 0.717) is 5.56 Å². The topological polar surface area (TPSA) is 57.5 Å². The monoisotopic (exact) mass is 418 g/mol. The molecule has 0 spiro atoms. The van der Waals surface area contributed by atoms with Crippen molar-refractivity contribution in [3.05, 3.63) is 28.8 Å². The second kappa shape index (κ2) is 14.5. The fourth-order valence-electron chi connectivity index (χ4n) is 4.42. The first-order valence-electron chi connectivity index (χ1n) is 12.4. The van der Waals surface area contributed by atoms with E-state index >= 15 is 0 Å². The van der Waals surface area contributed by atoms with Gasteiger partial charge in [-0.25, -0.2) is 4.79 Å². The van der Waals surface area contributed by atoms with E-state index in [1.54, 1.807) is 0 Å². The van der Waals surface area contributed by atoms with Crippen LogP contribution in [0.4, 0.5) is 0 Å². The number of hydrogen-bond donors (Lipinski definition) is 2. The molecular formula is C27H46O3. The lowest BCUT2D eigenvalue weighted by Crippen LogP contribution is -2.20. The average Bonchev–Trinajstić information content (AvgIpc) is 2.68. The molecule has 2 N–H and O–H groups in total. The Morgan fingerprint density at radius 2 is 1.20 bits per heavy atom. The normalized spacial score (nSPS) is 11.7. The first-order chi connectivity index (χ1) is 14.3. The molecule has 0 amide bonds. The minimum absolute atomic E-state index is 0.236. The minimum Gasteiger partial charge on any atom is -0.508 e. The van der Waals surface area contributed by atoms with Crippen LogP contribution in [0.15, 0.2) is 12.1 Å². The van der Waals surface area contributed by atoms with Gasteiger partial charge in [-0.1, -0.05) is 111 Å². The van der Waals surface area contributed by atoms with Gasteiger partial charge in [0.2, 0.25) is 0 Å². The standard InChI is InChI=1S/C27H46O3/c1-5-6-7-8-9-10-11-12-13-14-15-16-17-18-19-22-24(28)21-20-23(26(29)30)25(22)27(2,3)4/h20-21,28H,5-19H2,1-4H3,(H,29,30). The molecule has 0 heterocycles. The summed E-state index contributed by atoms with van der Waals surface area (Å²) in [5.74, 6) is -0.679. The Bertz CT molecular complexity index is 613. The van der Waals surface area contributed by atoms with Crippen LogP contribution in [0, 0.1) is 0 Å². The van der Waals surface area contributed by atoms with E-state index in [1.165, 1.54) is 89.2 Å². The van der Waals surface area contributed by atoms with Crippen molar-refractivity contribution < 1.29 is 15.0 Å². The second-order valence-electron chi connectivity index (χ2n) is 9.89. The number of phenols is 1. The molecule has 0 saturated heterocycles. The van der Waals surface area contributed by atoms with Gasteiger partial charge in [0, 0.05) is 0 Å². The van der Waals surface area contributed by atoms with Crippen LogP contribution in [-0.4, -0.2) is 16.2 Å². The van der Waals surface area contributed by atoms with Crippen LogP contribution < -0.4 is 0 Å². The molecule has 0 aliphatic heterocycles. The van der Waals surface area contributed by atoms with Crippen molar-refractivity contribution in [1.82, 2.24) is 0 Å². The maximum atomic E-state index is 11.7. The van der Waals surface area contributed by atoms with Gasteiger partial charge in [-0.3, -0.25) is 0 Å². The number of aromatic carboxylic acids is 1. The van der Waals surface area contributed by atoms with Gasteiger partial charge in [-0.15, -0.1) is 0 Å². The predicted molar refractivity (Wildman–Crippen MR) is 128 cm³/mol. The van der Waals surface area contributed by atoms with Gasteiger partial charge in [0.25, 0.3) is 0 Å². The minimum atomic E-state index is -0.915. The molecule has 0 atom stereocenters. The fraction of sp³-hybridized carbons (Fsp3) is 0.741. The van der Waals surface area contributed by atoms with Gasteiger partial charge in [-0.05, 0) is 41.5 Å². The van der Waals surface area contributed by atoms with Crippen molar-refractivity contribution in [3.8, 4) is 5.75 Å². The number of unbranched alkanes of at least 4 members (excludes halogenated alkanes) is 13. The molecule has 0 aromatic heterocycles. The van der Waals surface area contributed by atoms with Gasteiger partial charge in [0.15, 0.2) is 0 Å². The molecule has 0 bridgehead atoms. The van der Waals surface area contributed by atoms with E-state index in [0.717, 1.165) is 30.4 Å². The number of carboxylic acid groups (broad SMARTS) is 1. The number of benzene rings is 1. The van der Waals surface area contributed by atoms with Crippen molar-refractivity contribution in [2.24, 2.45) is 0 Å². The highest BCUT2D eigenvalue weighted by molar-refractivity contribution is 5.90. The van der Waals surface area contributed by atoms with Crippen molar-refractivity contribution in [1.29, 1.82) is 0 Å². The van der Waals surface area contributed by atoms with E-state index in [4.69, 9.17) is 0 Å². The molecule has 0 saturated carbocycles. The van der Waals surface area contributed by atoms with Crippen LogP contribution in [0.1, 0.15) is 139 Å². The highest BCUT2D eigenvalue weighted by atomic mass is 16.4. The quantitative estimate of drug-likeness (QED) is 0.265. The van der Waals surface area contributed by atoms with E-state index < -0.39 is 5.97 Å². The van der Waals surface area contributed by atoms with Gasteiger partial charge in [0.1, 0.15) is 5.75 Å². The molecule has 172 valence electrons. The zero-order valence-electron chi connectivity index (χ0n) is 20.1. The summed E-state index contributed by atoms with van der Waals surface area (Å²) in [6.07, 6.45) is 19.2. The third-order valence-electron chi connectivity index (χ3n) is 6.05. The summed E-state index contributed by atoms with van der Waals surface area (Å²) in [5, 5.41) is 19.9. The molecule has 1 aromatic carbocycles. The number of rotatable bonds is 16. The Labute approximate surface area is 185 Å². The predicted octanol–water partition coefficient (Wildman–Crippen LogP) is 8.41. The Morgan fingerprint density at radius 1 is 0.767 bits per heavy atom. The maximum absolute atomic E-state index is 11.7. The number of hydrogen-bond acceptors (Lipinski definition) is 2. The molecular weight excluding hydrogens is 372 g/mol. The molecule has 0 unspecified atom stereocenters. The van der Waals surface area contributed by atoms with Crippen LogP contribution >= 0.6 is 0 Å². The number of carbonyl (C=O) groups is 1. The first-order valence-corrected chi connectivity index (χ1v) is 12.4. The third kappa shape index (κ3) is 10.00. The summed E-state index contributed by atoms with van der Waals surface area (Å²) >= 11 is 0. The van der Waals surface area contributed by atoms with Crippen molar-refractivity contribution in [2.45, 2.75) is 129 Å². The summed E-state index contributed by atoms with van der Waals surface area (Å²) in [5.41, 5.74) is 1.62. The molecule has 0 aliphatic carbocycles. The number of phenolic OH excluding ortho intramolecular Hbond substituents is 1. The lowest BCUT2D eigenvalue weighted by Gasteiger charge is -2.26. The van der Waals surface area contributed by atoms with Crippen LogP contribution in [0.2, 0.25) is 0 Å². The Morgan fingerprint density at radius 3 is 1.60 bits per heavy atom. The Balaban J connectivity index is 2.26. The highest BCUT2D eigenvalue weighted by Crippen LogP contribution is 2.35. The summed E-state index contributed by atoms with van der Waals surface area (Å²) in [4.78, 5) is 11.7. The first kappa shape index (κ1) is 26.5. The summed E-state index contributed by atoms with van der Waals surface area (Å²) in [7, 11) is 0. The molecule has 0 aliphatic rings. The van der Waals surface area contributed by atoms with Crippen LogP contribution in [-0.2, 0) is 11.8 Å². The molecule has 0 fully saturated rings. The van der Waals surface area contributed by atoms with E-state index in [2.05, 4.69) is 6.92 Å². The van der Waals surface area contributed by atoms with Crippen molar-refractivity contribution >= 4 is 5.97 Å².